The highest BCUT2D eigenvalue weighted by atomic mass is 16.5. The maximum absolute atomic E-state index is 14.2. The van der Waals surface area contributed by atoms with Gasteiger partial charge in [-0.1, -0.05) is 43.2 Å². The first-order valence-electron chi connectivity index (χ1n) is 17.1. The van der Waals surface area contributed by atoms with Crippen LogP contribution in [0, 0.1) is 23.2 Å². The molecule has 2 aliphatic carbocycles. The second kappa shape index (κ2) is 11.1. The Morgan fingerprint density at radius 3 is 2.49 bits per heavy atom. The van der Waals surface area contributed by atoms with E-state index in [2.05, 4.69) is 56.2 Å². The number of amides is 1. The van der Waals surface area contributed by atoms with Crippen LogP contribution >= 0.6 is 0 Å². The minimum atomic E-state index is -0.377. The van der Waals surface area contributed by atoms with Crippen LogP contribution in [0.4, 0.5) is 5.82 Å². The van der Waals surface area contributed by atoms with Gasteiger partial charge >= 0.3 is 0 Å². The minimum Gasteiger partial charge on any atom is -0.491 e. The summed E-state index contributed by atoms with van der Waals surface area (Å²) in [5, 5.41) is 24.1. The number of carbonyl (C=O) groups excluding carboxylic acids is 1. The van der Waals surface area contributed by atoms with Crippen molar-refractivity contribution in [1.82, 2.24) is 24.4 Å². The average Bonchev–Trinajstić information content (AvgIpc) is 3.63. The second-order valence-electron chi connectivity index (χ2n) is 14.2. The van der Waals surface area contributed by atoms with E-state index in [-0.39, 0.29) is 23.6 Å². The molecule has 4 aliphatic heterocycles. The van der Waals surface area contributed by atoms with E-state index in [1.807, 2.05) is 30.6 Å². The number of likely N-dealkylation sites (tertiary alicyclic amines) is 1. The molecule has 4 aromatic rings. The molecule has 0 spiro atoms. The van der Waals surface area contributed by atoms with E-state index in [0.29, 0.717) is 35.7 Å². The molecule has 1 aromatic carbocycles. The SMILES string of the molecule is N#Cc1cnn2cc(OCCN3CC4C(O)C4C3)cc(-c3ccc(N4CC5CC(C4)N5C(=O)C4(c5ccccc5)CCCC4)nc3)c12. The largest absolute Gasteiger partial charge is 0.491 e. The predicted molar refractivity (Wildman–Crippen MR) is 176 cm³/mol. The fourth-order valence-electron chi connectivity index (χ4n) is 9.01. The Labute approximate surface area is 274 Å². The molecule has 0 radical (unpaired) electrons. The van der Waals surface area contributed by atoms with Crippen molar-refractivity contribution in [3.63, 3.8) is 0 Å². The van der Waals surface area contributed by atoms with Crippen molar-refractivity contribution in [3.8, 4) is 22.9 Å². The van der Waals surface area contributed by atoms with Gasteiger partial charge in [0.1, 0.15) is 24.2 Å². The Bertz CT molecular complexity index is 1840. The molecule has 1 amide bonds. The molecule has 4 unspecified atom stereocenters. The third kappa shape index (κ3) is 4.70. The summed E-state index contributed by atoms with van der Waals surface area (Å²) < 4.78 is 7.90. The Balaban J connectivity index is 0.907. The van der Waals surface area contributed by atoms with Crippen molar-refractivity contribution >= 4 is 17.2 Å². The van der Waals surface area contributed by atoms with Crippen LogP contribution < -0.4 is 9.64 Å². The van der Waals surface area contributed by atoms with Gasteiger partial charge in [0.2, 0.25) is 5.91 Å². The number of aliphatic hydroxyl groups excluding tert-OH is 1. The molecule has 7 heterocycles. The van der Waals surface area contributed by atoms with Gasteiger partial charge in [-0.3, -0.25) is 9.69 Å². The first kappa shape index (κ1) is 28.7. The molecule has 10 nitrogen and oxygen atoms in total. The lowest BCUT2D eigenvalue weighted by atomic mass is 9.74. The molecule has 2 saturated carbocycles. The third-order valence-corrected chi connectivity index (χ3v) is 11.6. The van der Waals surface area contributed by atoms with Gasteiger partial charge in [-0.25, -0.2) is 9.50 Å². The summed E-state index contributed by atoms with van der Waals surface area (Å²) in [6.07, 6.45) is 10.3. The Morgan fingerprint density at radius 2 is 1.79 bits per heavy atom. The fraction of sp³-hybridized carbons (Fsp3) is 0.459. The van der Waals surface area contributed by atoms with Gasteiger partial charge < -0.3 is 19.6 Å². The number of rotatable bonds is 8. The van der Waals surface area contributed by atoms with E-state index in [9.17, 15) is 15.2 Å². The van der Waals surface area contributed by atoms with Crippen molar-refractivity contribution in [2.75, 3.05) is 44.2 Å². The number of piperazine rings is 1. The molecule has 240 valence electrons. The molecule has 2 bridgehead atoms. The first-order valence-corrected chi connectivity index (χ1v) is 17.1. The summed E-state index contributed by atoms with van der Waals surface area (Å²) in [5.41, 5.74) is 3.77. The number of fused-ring (bicyclic) bond motifs is 4. The number of pyridine rings is 2. The highest BCUT2D eigenvalue weighted by Gasteiger charge is 2.55. The number of aliphatic hydroxyl groups is 1. The molecule has 47 heavy (non-hydrogen) atoms. The van der Waals surface area contributed by atoms with Crippen molar-refractivity contribution < 1.29 is 14.6 Å². The molecule has 4 saturated heterocycles. The summed E-state index contributed by atoms with van der Waals surface area (Å²) >= 11 is 0. The van der Waals surface area contributed by atoms with E-state index in [0.717, 1.165) is 87.3 Å². The maximum atomic E-state index is 14.2. The summed E-state index contributed by atoms with van der Waals surface area (Å²) in [6.45, 7) is 4.78. The predicted octanol–water partition coefficient (Wildman–Crippen LogP) is 3.87. The number of hydrogen-bond donors (Lipinski definition) is 1. The summed E-state index contributed by atoms with van der Waals surface area (Å²) in [4.78, 5) is 25.9. The number of carbonyl (C=O) groups is 1. The van der Waals surface area contributed by atoms with Crippen molar-refractivity contribution in [3.05, 3.63) is 78.2 Å². The average molecular weight is 630 g/mol. The molecular formula is C37H39N7O3. The van der Waals surface area contributed by atoms with Gasteiger partial charge in [-0.05, 0) is 43.0 Å². The Morgan fingerprint density at radius 1 is 1.02 bits per heavy atom. The minimum absolute atomic E-state index is 0.111. The zero-order chi connectivity index (χ0) is 31.7. The van der Waals surface area contributed by atoms with Crippen LogP contribution in [0.3, 0.4) is 0 Å². The van der Waals surface area contributed by atoms with Crippen LogP contribution in [0.5, 0.6) is 5.75 Å². The zero-order valence-corrected chi connectivity index (χ0v) is 26.4. The lowest BCUT2D eigenvalue weighted by Gasteiger charge is -2.58. The highest BCUT2D eigenvalue weighted by molar-refractivity contribution is 5.90. The quantitative estimate of drug-likeness (QED) is 0.313. The van der Waals surface area contributed by atoms with Gasteiger partial charge in [-0.15, -0.1) is 0 Å². The lowest BCUT2D eigenvalue weighted by Crippen LogP contribution is -2.72. The topological polar surface area (TPSA) is 110 Å². The number of hydrogen-bond acceptors (Lipinski definition) is 8. The van der Waals surface area contributed by atoms with Crippen LogP contribution in [-0.4, -0.2) is 92.9 Å². The normalized spacial score (nSPS) is 27.4. The number of piperidine rings is 2. The maximum Gasteiger partial charge on any atom is 0.233 e. The van der Waals surface area contributed by atoms with Crippen molar-refractivity contribution in [2.45, 2.75) is 55.7 Å². The van der Waals surface area contributed by atoms with Crippen LogP contribution in [-0.2, 0) is 10.2 Å². The molecule has 10 heteroatoms. The molecule has 6 fully saturated rings. The van der Waals surface area contributed by atoms with Gasteiger partial charge in [0.15, 0.2) is 0 Å². The number of nitrogens with zero attached hydrogens (tertiary/aromatic N) is 7. The number of nitriles is 1. The van der Waals surface area contributed by atoms with Gasteiger partial charge in [-0.2, -0.15) is 10.4 Å². The summed E-state index contributed by atoms with van der Waals surface area (Å²) in [6, 6.07) is 19.2. The van der Waals surface area contributed by atoms with Crippen LogP contribution in [0.15, 0.2) is 67.1 Å². The van der Waals surface area contributed by atoms with E-state index >= 15 is 0 Å². The molecule has 4 atom stereocenters. The molecule has 6 aliphatic rings. The monoisotopic (exact) mass is 629 g/mol. The summed E-state index contributed by atoms with van der Waals surface area (Å²) in [5.74, 6) is 2.78. The number of ether oxygens (including phenoxy) is 1. The number of anilines is 1. The second-order valence-corrected chi connectivity index (χ2v) is 14.2. The summed E-state index contributed by atoms with van der Waals surface area (Å²) in [7, 11) is 0. The lowest BCUT2D eigenvalue weighted by molar-refractivity contribution is -0.152. The van der Waals surface area contributed by atoms with E-state index in [1.165, 1.54) is 5.56 Å². The Hall–Kier alpha value is -4.46. The van der Waals surface area contributed by atoms with Crippen LogP contribution in [0.25, 0.3) is 16.6 Å². The fourth-order valence-corrected chi connectivity index (χ4v) is 9.01. The van der Waals surface area contributed by atoms with Gasteiger partial charge in [0, 0.05) is 61.9 Å². The first-order chi connectivity index (χ1) is 23.0. The van der Waals surface area contributed by atoms with E-state index < -0.39 is 0 Å². The van der Waals surface area contributed by atoms with Crippen LogP contribution in [0.1, 0.15) is 43.2 Å². The highest BCUT2D eigenvalue weighted by Crippen LogP contribution is 2.47. The van der Waals surface area contributed by atoms with Gasteiger partial charge in [0.25, 0.3) is 0 Å². The third-order valence-electron chi connectivity index (χ3n) is 11.6. The van der Waals surface area contributed by atoms with Gasteiger partial charge in [0.05, 0.1) is 47.1 Å². The molecule has 3 aromatic heterocycles. The van der Waals surface area contributed by atoms with Crippen LogP contribution in [0.2, 0.25) is 0 Å². The molecule has 1 N–H and O–H groups in total. The number of aromatic nitrogens is 3. The van der Waals surface area contributed by atoms with Crippen molar-refractivity contribution in [1.29, 1.82) is 5.26 Å². The number of benzene rings is 1. The Kier molecular flexibility index (Phi) is 6.77. The van der Waals surface area contributed by atoms with Crippen molar-refractivity contribution in [2.24, 2.45) is 11.8 Å². The van der Waals surface area contributed by atoms with E-state index in [4.69, 9.17) is 9.72 Å². The zero-order valence-electron chi connectivity index (χ0n) is 26.4. The van der Waals surface area contributed by atoms with E-state index in [1.54, 1.807) is 10.7 Å². The molecular weight excluding hydrogens is 590 g/mol. The smallest absolute Gasteiger partial charge is 0.233 e. The molecule has 10 rings (SSSR count). The standard InChI is InChI=1S/C37H39N7O3/c38-16-25-18-40-43-21-29(47-13-12-41-22-31-32(23-41)35(31)45)15-30(34(25)43)24-8-9-33(39-17-24)42-19-27-14-28(20-42)44(27)36(46)37(10-4-5-11-37)26-6-2-1-3-7-26/h1-3,6-9,15,17-18,21,27-28,31-32,35,45H,4-5,10-14,19-20,22-23H2.